The lowest BCUT2D eigenvalue weighted by Crippen LogP contribution is -2.27. The number of thiazole rings is 1. The number of aliphatic carboxylic acids is 1. The SMILES string of the molecule is Cc1nc(C)c(C(=O)NCCC(CCC(=O)O)C(C)C)s1. The van der Waals surface area contributed by atoms with Gasteiger partial charge in [-0.1, -0.05) is 13.8 Å². The minimum atomic E-state index is -0.763. The molecule has 1 unspecified atom stereocenters. The summed E-state index contributed by atoms with van der Waals surface area (Å²) < 4.78 is 0. The molecule has 2 N–H and O–H groups in total. The van der Waals surface area contributed by atoms with E-state index < -0.39 is 5.97 Å². The summed E-state index contributed by atoms with van der Waals surface area (Å²) in [6, 6.07) is 0. The fourth-order valence-electron chi connectivity index (χ4n) is 2.31. The minimum Gasteiger partial charge on any atom is -0.481 e. The summed E-state index contributed by atoms with van der Waals surface area (Å²) >= 11 is 1.40. The van der Waals surface area contributed by atoms with Gasteiger partial charge in [0.25, 0.3) is 5.91 Å². The largest absolute Gasteiger partial charge is 0.481 e. The van der Waals surface area contributed by atoms with Crippen molar-refractivity contribution in [1.29, 1.82) is 0 Å². The van der Waals surface area contributed by atoms with E-state index >= 15 is 0 Å². The molecule has 5 nitrogen and oxygen atoms in total. The van der Waals surface area contributed by atoms with Crippen LogP contribution in [-0.4, -0.2) is 28.5 Å². The molecule has 0 bridgehead atoms. The highest BCUT2D eigenvalue weighted by molar-refractivity contribution is 7.13. The maximum absolute atomic E-state index is 12.1. The molecular formula is C15H24N2O3S. The van der Waals surface area contributed by atoms with Crippen molar-refractivity contribution in [3.05, 3.63) is 15.6 Å². The summed E-state index contributed by atoms with van der Waals surface area (Å²) in [5.74, 6) is -0.126. The molecule has 1 aromatic rings. The van der Waals surface area contributed by atoms with Gasteiger partial charge < -0.3 is 10.4 Å². The molecule has 0 aliphatic rings. The first-order valence-corrected chi connectivity index (χ1v) is 8.07. The van der Waals surface area contributed by atoms with Crippen molar-refractivity contribution in [1.82, 2.24) is 10.3 Å². The highest BCUT2D eigenvalue weighted by Crippen LogP contribution is 2.21. The molecule has 118 valence electrons. The Labute approximate surface area is 129 Å². The van der Waals surface area contributed by atoms with Gasteiger partial charge in [0.05, 0.1) is 10.7 Å². The number of carboxylic acids is 1. The van der Waals surface area contributed by atoms with Gasteiger partial charge in [0.15, 0.2) is 0 Å². The average Bonchev–Trinajstić information content (AvgIpc) is 2.71. The maximum atomic E-state index is 12.1. The topological polar surface area (TPSA) is 79.3 Å². The van der Waals surface area contributed by atoms with Crippen molar-refractivity contribution in [2.75, 3.05) is 6.54 Å². The zero-order chi connectivity index (χ0) is 16.0. The van der Waals surface area contributed by atoms with Crippen molar-refractivity contribution in [2.45, 2.75) is 47.0 Å². The van der Waals surface area contributed by atoms with Crippen LogP contribution in [0.5, 0.6) is 0 Å². The molecule has 0 saturated heterocycles. The number of hydrogen-bond donors (Lipinski definition) is 2. The smallest absolute Gasteiger partial charge is 0.303 e. The van der Waals surface area contributed by atoms with Crippen LogP contribution < -0.4 is 5.32 Å². The molecule has 0 saturated carbocycles. The highest BCUT2D eigenvalue weighted by Gasteiger charge is 2.17. The first-order chi connectivity index (χ1) is 9.81. The summed E-state index contributed by atoms with van der Waals surface area (Å²) in [6.45, 7) is 8.46. The van der Waals surface area contributed by atoms with E-state index in [2.05, 4.69) is 24.1 Å². The number of hydrogen-bond acceptors (Lipinski definition) is 4. The molecule has 1 aromatic heterocycles. The molecule has 21 heavy (non-hydrogen) atoms. The third kappa shape index (κ3) is 5.83. The van der Waals surface area contributed by atoms with Crippen LogP contribution in [0, 0.1) is 25.7 Å². The molecule has 6 heteroatoms. The van der Waals surface area contributed by atoms with Crippen molar-refractivity contribution < 1.29 is 14.7 Å². The summed E-state index contributed by atoms with van der Waals surface area (Å²) in [6.07, 6.45) is 1.64. The highest BCUT2D eigenvalue weighted by atomic mass is 32.1. The number of amides is 1. The number of carbonyl (C=O) groups excluding carboxylic acids is 1. The molecule has 0 aliphatic heterocycles. The Morgan fingerprint density at radius 2 is 1.95 bits per heavy atom. The number of carboxylic acid groups (broad SMARTS) is 1. The van der Waals surface area contributed by atoms with Crippen molar-refractivity contribution in [3.63, 3.8) is 0 Å². The quantitative estimate of drug-likeness (QED) is 0.773. The number of carbonyl (C=O) groups is 2. The van der Waals surface area contributed by atoms with Gasteiger partial charge in [-0.15, -0.1) is 11.3 Å². The molecule has 1 atom stereocenters. The Hall–Kier alpha value is -1.43. The predicted octanol–water partition coefficient (Wildman–Crippen LogP) is 3.02. The van der Waals surface area contributed by atoms with Crippen molar-refractivity contribution in [3.8, 4) is 0 Å². The number of nitrogens with zero attached hydrogens (tertiary/aromatic N) is 1. The van der Waals surface area contributed by atoms with Gasteiger partial charge in [0.1, 0.15) is 4.88 Å². The Morgan fingerprint density at radius 1 is 1.29 bits per heavy atom. The predicted molar refractivity (Wildman–Crippen MR) is 83.7 cm³/mol. The summed E-state index contributed by atoms with van der Waals surface area (Å²) in [7, 11) is 0. The Morgan fingerprint density at radius 3 is 2.43 bits per heavy atom. The van der Waals surface area contributed by atoms with E-state index in [0.717, 1.165) is 17.1 Å². The fourth-order valence-corrected chi connectivity index (χ4v) is 3.15. The minimum absolute atomic E-state index is 0.0844. The maximum Gasteiger partial charge on any atom is 0.303 e. The first-order valence-electron chi connectivity index (χ1n) is 7.25. The van der Waals surface area contributed by atoms with Gasteiger partial charge >= 0.3 is 5.97 Å². The van der Waals surface area contributed by atoms with E-state index in [4.69, 9.17) is 5.11 Å². The van der Waals surface area contributed by atoms with Crippen LogP contribution in [0.1, 0.15) is 53.5 Å². The van der Waals surface area contributed by atoms with Gasteiger partial charge in [0.2, 0.25) is 0 Å². The lowest BCUT2D eigenvalue weighted by molar-refractivity contribution is -0.137. The molecule has 0 fully saturated rings. The number of aryl methyl sites for hydroxylation is 2. The molecule has 1 heterocycles. The standard InChI is InChI=1S/C15H24N2O3S/c1-9(2)12(5-6-13(18)19)7-8-16-15(20)14-10(3)17-11(4)21-14/h9,12H,5-8H2,1-4H3,(H,16,20)(H,18,19). The molecule has 0 radical (unpaired) electrons. The third-order valence-electron chi connectivity index (χ3n) is 3.58. The third-order valence-corrected chi connectivity index (χ3v) is 4.65. The fraction of sp³-hybridized carbons (Fsp3) is 0.667. The van der Waals surface area contributed by atoms with E-state index in [-0.39, 0.29) is 12.3 Å². The van der Waals surface area contributed by atoms with Crippen LogP contribution in [0.3, 0.4) is 0 Å². The zero-order valence-electron chi connectivity index (χ0n) is 13.1. The Bertz CT molecular complexity index is 497. The number of aromatic nitrogens is 1. The van der Waals surface area contributed by atoms with E-state index in [1.165, 1.54) is 11.3 Å². The lowest BCUT2D eigenvalue weighted by Gasteiger charge is -2.20. The van der Waals surface area contributed by atoms with Crippen LogP contribution in [-0.2, 0) is 4.79 Å². The first kappa shape index (κ1) is 17.6. The second-order valence-electron chi connectivity index (χ2n) is 5.63. The van der Waals surface area contributed by atoms with E-state index in [1.807, 2.05) is 13.8 Å². The van der Waals surface area contributed by atoms with E-state index in [9.17, 15) is 9.59 Å². The van der Waals surface area contributed by atoms with Gasteiger partial charge in [0, 0.05) is 13.0 Å². The second-order valence-corrected chi connectivity index (χ2v) is 6.83. The summed E-state index contributed by atoms with van der Waals surface area (Å²) in [5, 5.41) is 12.6. The molecule has 1 rings (SSSR count). The molecule has 1 amide bonds. The van der Waals surface area contributed by atoms with Gasteiger partial charge in [-0.25, -0.2) is 4.98 Å². The summed E-state index contributed by atoms with van der Waals surface area (Å²) in [5.41, 5.74) is 0.765. The molecule has 0 aliphatic carbocycles. The van der Waals surface area contributed by atoms with Crippen molar-refractivity contribution >= 4 is 23.2 Å². The molecular weight excluding hydrogens is 288 g/mol. The summed E-state index contributed by atoms with van der Waals surface area (Å²) in [4.78, 5) is 27.6. The normalized spacial score (nSPS) is 12.4. The average molecular weight is 312 g/mol. The van der Waals surface area contributed by atoms with Gasteiger partial charge in [-0.3, -0.25) is 9.59 Å². The van der Waals surface area contributed by atoms with Crippen LogP contribution in [0.25, 0.3) is 0 Å². The van der Waals surface area contributed by atoms with Crippen LogP contribution in [0.2, 0.25) is 0 Å². The van der Waals surface area contributed by atoms with Crippen molar-refractivity contribution in [2.24, 2.45) is 11.8 Å². The van der Waals surface area contributed by atoms with Crippen LogP contribution in [0.15, 0.2) is 0 Å². The Balaban J connectivity index is 2.44. The molecule has 0 spiro atoms. The lowest BCUT2D eigenvalue weighted by atomic mass is 9.88. The van der Waals surface area contributed by atoms with Crippen LogP contribution >= 0.6 is 11.3 Å². The Kier molecular flexibility index (Phi) is 6.81. The number of rotatable bonds is 8. The number of nitrogens with one attached hydrogen (secondary N) is 1. The van der Waals surface area contributed by atoms with E-state index in [0.29, 0.717) is 29.7 Å². The van der Waals surface area contributed by atoms with Gasteiger partial charge in [-0.2, -0.15) is 0 Å². The second kappa shape index (κ2) is 8.12. The molecule has 0 aromatic carbocycles. The zero-order valence-corrected chi connectivity index (χ0v) is 13.9. The monoisotopic (exact) mass is 312 g/mol. The van der Waals surface area contributed by atoms with Gasteiger partial charge in [-0.05, 0) is 38.5 Å². The van der Waals surface area contributed by atoms with E-state index in [1.54, 1.807) is 0 Å². The van der Waals surface area contributed by atoms with Crippen LogP contribution in [0.4, 0.5) is 0 Å².